The van der Waals surface area contributed by atoms with Gasteiger partial charge in [-0.2, -0.15) is 0 Å². The summed E-state index contributed by atoms with van der Waals surface area (Å²) < 4.78 is 8.87. The average Bonchev–Trinajstić information content (AvgIpc) is 1.65. The molecule has 0 aromatic heterocycles. The summed E-state index contributed by atoms with van der Waals surface area (Å²) in [6.45, 7) is 4.16. The Morgan fingerprint density at radius 1 is 1.86 bits per heavy atom. The van der Waals surface area contributed by atoms with Crippen molar-refractivity contribution in [2.24, 2.45) is 0 Å². The molecule has 0 saturated carbocycles. The van der Waals surface area contributed by atoms with Crippen LogP contribution in [0, 0.1) is 4.61 Å². The quantitative estimate of drug-likeness (QED) is 0.544. The van der Waals surface area contributed by atoms with Gasteiger partial charge in [-0.15, -0.1) is 0 Å². The molecule has 0 aromatic rings. The molecule has 0 N–H and O–H groups in total. The first-order valence-electron chi connectivity index (χ1n) is 2.32. The van der Waals surface area contributed by atoms with E-state index in [1.165, 1.54) is 0 Å². The van der Waals surface area contributed by atoms with Gasteiger partial charge in [-0.1, -0.05) is 13.8 Å². The van der Waals surface area contributed by atoms with Crippen LogP contribution in [0.15, 0.2) is 0 Å². The van der Waals surface area contributed by atoms with Gasteiger partial charge in [0.05, 0.1) is 0 Å². The van der Waals surface area contributed by atoms with E-state index in [2.05, 4.69) is 35.1 Å². The SMILES string of the molecule is CCC(C)[SH](#N)I. The lowest BCUT2D eigenvalue weighted by Gasteiger charge is -1.98. The fourth-order valence-corrected chi connectivity index (χ4v) is 1.63. The minimum atomic E-state index is -0.692. The number of rotatable bonds is 1. The highest BCUT2D eigenvalue weighted by Crippen LogP contribution is 2.26. The van der Waals surface area contributed by atoms with Crippen molar-refractivity contribution in [3.8, 4) is 0 Å². The molecule has 3 heteroatoms. The molecule has 2 unspecified atom stereocenters. The molecule has 44 valence electrons. The van der Waals surface area contributed by atoms with E-state index in [1.807, 2.05) is 0 Å². The van der Waals surface area contributed by atoms with E-state index >= 15 is 0 Å². The first-order chi connectivity index (χ1) is 3.18. The van der Waals surface area contributed by atoms with E-state index in [4.69, 9.17) is 4.61 Å². The van der Waals surface area contributed by atoms with Crippen LogP contribution in [-0.2, 0) is 0 Å². The molecule has 0 amide bonds. The molecule has 0 aliphatic rings. The molecule has 0 bridgehead atoms. The molecule has 0 heterocycles. The van der Waals surface area contributed by atoms with Crippen LogP contribution in [-0.4, -0.2) is 5.25 Å². The highest BCUT2D eigenvalue weighted by Gasteiger charge is 1.96. The summed E-state index contributed by atoms with van der Waals surface area (Å²) in [4.78, 5) is 0. The van der Waals surface area contributed by atoms with Gasteiger partial charge in [-0.3, -0.25) is 0 Å². The smallest absolute Gasteiger partial charge is 0.0224 e. The molecular formula is C4H10INS. The summed E-state index contributed by atoms with van der Waals surface area (Å²) in [6, 6.07) is 0. The Morgan fingerprint density at radius 3 is 2.29 bits per heavy atom. The van der Waals surface area contributed by atoms with E-state index in [0.717, 1.165) is 6.42 Å². The maximum Gasteiger partial charge on any atom is 0.0224 e. The fourth-order valence-electron chi connectivity index (χ4n) is 0.151. The molecular weight excluding hydrogens is 221 g/mol. The molecule has 0 rings (SSSR count). The zero-order valence-corrected chi connectivity index (χ0v) is 7.61. The van der Waals surface area contributed by atoms with Gasteiger partial charge in [-0.05, 0) is 14.1 Å². The van der Waals surface area contributed by atoms with E-state index < -0.39 is 7.70 Å². The molecule has 0 spiro atoms. The van der Waals surface area contributed by atoms with E-state index in [-0.39, 0.29) is 0 Å². The van der Waals surface area contributed by atoms with Crippen LogP contribution in [0.5, 0.6) is 0 Å². The van der Waals surface area contributed by atoms with Crippen LogP contribution in [0.1, 0.15) is 20.3 Å². The Labute approximate surface area is 59.0 Å². The number of nitrogens with zero attached hydrogens (tertiary/aromatic N) is 1. The van der Waals surface area contributed by atoms with Gasteiger partial charge in [0.25, 0.3) is 0 Å². The third-order valence-corrected chi connectivity index (χ3v) is 4.90. The van der Waals surface area contributed by atoms with Crippen LogP contribution in [0.25, 0.3) is 0 Å². The largest absolute Gasteiger partial charge is 0.223 e. The lowest BCUT2D eigenvalue weighted by molar-refractivity contribution is 0.909. The summed E-state index contributed by atoms with van der Waals surface area (Å²) in [7, 11) is -0.692. The van der Waals surface area contributed by atoms with Crippen LogP contribution in [0.4, 0.5) is 0 Å². The van der Waals surface area contributed by atoms with Gasteiger partial charge in [0.1, 0.15) is 0 Å². The molecule has 1 nitrogen and oxygen atoms in total. The fraction of sp³-hybridized carbons (Fsp3) is 1.00. The Kier molecular flexibility index (Phi) is 4.17. The van der Waals surface area contributed by atoms with Crippen molar-refractivity contribution in [1.29, 1.82) is 4.61 Å². The van der Waals surface area contributed by atoms with Gasteiger partial charge >= 0.3 is 0 Å². The third-order valence-electron chi connectivity index (χ3n) is 0.955. The Balaban J connectivity index is 3.42. The lowest BCUT2D eigenvalue weighted by atomic mass is 10.4. The third kappa shape index (κ3) is 3.38. The number of hydrogen-bond acceptors (Lipinski definition) is 1. The van der Waals surface area contributed by atoms with Crippen molar-refractivity contribution in [3.05, 3.63) is 0 Å². The molecule has 0 aliphatic carbocycles. The second kappa shape index (κ2) is 3.75. The maximum absolute atomic E-state index is 8.87. The topological polar surface area (TPSA) is 23.8 Å². The minimum absolute atomic E-state index is 0.510. The zero-order valence-electron chi connectivity index (χ0n) is 4.56. The van der Waals surface area contributed by atoms with Crippen molar-refractivity contribution < 1.29 is 0 Å². The first-order valence-corrected chi connectivity index (χ1v) is 6.47. The second-order valence-corrected chi connectivity index (χ2v) is 5.97. The van der Waals surface area contributed by atoms with Gasteiger partial charge < -0.3 is 0 Å². The number of halogens is 1. The molecule has 2 atom stereocenters. The minimum Gasteiger partial charge on any atom is -0.223 e. The normalized spacial score (nSPS) is 18.6. The van der Waals surface area contributed by atoms with Gasteiger partial charge in [0.15, 0.2) is 0 Å². The van der Waals surface area contributed by atoms with Crippen LogP contribution in [0.3, 0.4) is 0 Å². The Hall–Kier alpha value is 0.790. The number of hydrogen-bond donors (Lipinski definition) is 1. The van der Waals surface area contributed by atoms with E-state index in [1.54, 1.807) is 0 Å². The van der Waals surface area contributed by atoms with Crippen LogP contribution < -0.4 is 0 Å². The summed E-state index contributed by atoms with van der Waals surface area (Å²) in [6.07, 6.45) is 1.09. The maximum atomic E-state index is 8.87. The van der Waals surface area contributed by atoms with Crippen molar-refractivity contribution in [2.75, 3.05) is 0 Å². The molecule has 7 heavy (non-hydrogen) atoms. The predicted molar refractivity (Wildman–Crippen MR) is 44.5 cm³/mol. The zero-order chi connectivity index (χ0) is 5.86. The van der Waals surface area contributed by atoms with Gasteiger partial charge in [0.2, 0.25) is 0 Å². The summed E-state index contributed by atoms with van der Waals surface area (Å²) in [5.41, 5.74) is 0. The Morgan fingerprint density at radius 2 is 2.29 bits per heavy atom. The highest BCUT2D eigenvalue weighted by atomic mass is 127. The van der Waals surface area contributed by atoms with Gasteiger partial charge in [-0.25, -0.2) is 4.61 Å². The molecule has 0 aromatic carbocycles. The lowest BCUT2D eigenvalue weighted by Crippen LogP contribution is -1.87. The highest BCUT2D eigenvalue weighted by molar-refractivity contribution is 14.2. The molecule has 0 radical (unpaired) electrons. The second-order valence-electron chi connectivity index (χ2n) is 1.55. The number of thiol groups is 1. The van der Waals surface area contributed by atoms with Crippen molar-refractivity contribution >= 4 is 28.9 Å². The molecule has 0 saturated heterocycles. The summed E-state index contributed by atoms with van der Waals surface area (Å²) >= 11 is 2.09. The standard InChI is InChI=1S/C4H10INS/c1-3-4(2)7(5)6/h4,7H,3H2,1-2H3. The van der Waals surface area contributed by atoms with Crippen molar-refractivity contribution in [1.82, 2.24) is 0 Å². The molecule has 0 aliphatic heterocycles. The van der Waals surface area contributed by atoms with Crippen molar-refractivity contribution in [3.63, 3.8) is 0 Å². The van der Waals surface area contributed by atoms with Crippen molar-refractivity contribution in [2.45, 2.75) is 25.5 Å². The summed E-state index contributed by atoms with van der Waals surface area (Å²) in [5, 5.41) is 0.510. The predicted octanol–water partition coefficient (Wildman–Crippen LogP) is 2.62. The van der Waals surface area contributed by atoms with E-state index in [9.17, 15) is 0 Å². The monoisotopic (exact) mass is 231 g/mol. The van der Waals surface area contributed by atoms with Crippen LogP contribution >= 0.6 is 28.9 Å². The summed E-state index contributed by atoms with van der Waals surface area (Å²) in [5.74, 6) is 0. The average molecular weight is 231 g/mol. The van der Waals surface area contributed by atoms with Gasteiger partial charge in [0, 0.05) is 26.5 Å². The first kappa shape index (κ1) is 7.79. The van der Waals surface area contributed by atoms with Crippen LogP contribution in [0.2, 0.25) is 0 Å². The Bertz CT molecular complexity index is 104. The van der Waals surface area contributed by atoms with E-state index in [0.29, 0.717) is 5.25 Å². The molecule has 0 fully saturated rings.